The molecule has 0 amide bonds. The van der Waals surface area contributed by atoms with Gasteiger partial charge in [0.1, 0.15) is 12.0 Å². The molecule has 106 valence electrons. The SMILES string of the molecule is CCNCc1coc(-c2ccc([N+](=O)[O-])cc2OC)n1. The fourth-order valence-corrected chi connectivity index (χ4v) is 1.74. The molecule has 7 nitrogen and oxygen atoms in total. The number of non-ortho nitro benzene ring substituents is 1. The Hall–Kier alpha value is -2.41. The van der Waals surface area contributed by atoms with Gasteiger partial charge >= 0.3 is 0 Å². The van der Waals surface area contributed by atoms with Crippen molar-refractivity contribution in [1.29, 1.82) is 0 Å². The molecule has 1 aromatic heterocycles. The topological polar surface area (TPSA) is 90.4 Å². The number of hydrogen-bond donors (Lipinski definition) is 1. The molecule has 0 unspecified atom stereocenters. The molecule has 0 spiro atoms. The zero-order valence-electron chi connectivity index (χ0n) is 11.3. The lowest BCUT2D eigenvalue weighted by Gasteiger charge is -2.04. The summed E-state index contributed by atoms with van der Waals surface area (Å²) in [5.74, 6) is 0.737. The Morgan fingerprint density at radius 2 is 2.30 bits per heavy atom. The van der Waals surface area contributed by atoms with Crippen LogP contribution in [0.1, 0.15) is 12.6 Å². The van der Waals surface area contributed by atoms with E-state index in [0.717, 1.165) is 12.2 Å². The standard InChI is InChI=1S/C13H15N3O4/c1-3-14-7-9-8-20-13(15-9)11-5-4-10(16(17)18)6-12(11)19-2/h4-6,8,14H,3,7H2,1-2H3. The van der Waals surface area contributed by atoms with Gasteiger partial charge in [0, 0.05) is 12.6 Å². The summed E-state index contributed by atoms with van der Waals surface area (Å²) in [7, 11) is 1.45. The number of methoxy groups -OCH3 is 1. The molecule has 0 radical (unpaired) electrons. The van der Waals surface area contributed by atoms with Gasteiger partial charge in [0.25, 0.3) is 5.69 Å². The number of aromatic nitrogens is 1. The van der Waals surface area contributed by atoms with Crippen molar-refractivity contribution in [3.8, 4) is 17.2 Å². The van der Waals surface area contributed by atoms with Crippen LogP contribution in [0.5, 0.6) is 5.75 Å². The van der Waals surface area contributed by atoms with E-state index in [4.69, 9.17) is 9.15 Å². The summed E-state index contributed by atoms with van der Waals surface area (Å²) in [5, 5.41) is 13.9. The maximum atomic E-state index is 10.7. The molecule has 0 aliphatic rings. The summed E-state index contributed by atoms with van der Waals surface area (Å²) in [6, 6.07) is 4.31. The van der Waals surface area contributed by atoms with E-state index in [1.807, 2.05) is 6.92 Å². The fraction of sp³-hybridized carbons (Fsp3) is 0.308. The third-order valence-electron chi connectivity index (χ3n) is 2.73. The molecule has 1 aromatic carbocycles. The first-order valence-corrected chi connectivity index (χ1v) is 6.13. The molecule has 0 aliphatic heterocycles. The van der Waals surface area contributed by atoms with Crippen LogP contribution in [-0.2, 0) is 6.54 Å². The van der Waals surface area contributed by atoms with Crippen LogP contribution in [0.25, 0.3) is 11.5 Å². The fourth-order valence-electron chi connectivity index (χ4n) is 1.74. The van der Waals surface area contributed by atoms with Gasteiger partial charge in [-0.3, -0.25) is 10.1 Å². The van der Waals surface area contributed by atoms with Gasteiger partial charge in [-0.2, -0.15) is 0 Å². The molecule has 20 heavy (non-hydrogen) atoms. The lowest BCUT2D eigenvalue weighted by molar-refractivity contribution is -0.384. The van der Waals surface area contributed by atoms with E-state index in [1.165, 1.54) is 19.2 Å². The zero-order valence-corrected chi connectivity index (χ0v) is 11.3. The Kier molecular flexibility index (Phi) is 4.31. The highest BCUT2D eigenvalue weighted by molar-refractivity contribution is 5.65. The minimum absolute atomic E-state index is 0.0370. The monoisotopic (exact) mass is 277 g/mol. The number of ether oxygens (including phenoxy) is 1. The van der Waals surface area contributed by atoms with E-state index in [-0.39, 0.29) is 5.69 Å². The number of oxazole rings is 1. The summed E-state index contributed by atoms with van der Waals surface area (Å²) in [6.07, 6.45) is 1.55. The molecule has 7 heteroatoms. The van der Waals surface area contributed by atoms with Crippen molar-refractivity contribution in [1.82, 2.24) is 10.3 Å². The third kappa shape index (κ3) is 2.94. The van der Waals surface area contributed by atoms with Crippen molar-refractivity contribution in [3.63, 3.8) is 0 Å². The van der Waals surface area contributed by atoms with Crippen LogP contribution in [0.15, 0.2) is 28.9 Å². The number of nitro groups is 1. The third-order valence-corrected chi connectivity index (χ3v) is 2.73. The molecule has 0 aliphatic carbocycles. The lowest BCUT2D eigenvalue weighted by atomic mass is 10.2. The second-order valence-electron chi connectivity index (χ2n) is 4.07. The predicted molar refractivity (Wildman–Crippen MR) is 72.5 cm³/mol. The van der Waals surface area contributed by atoms with E-state index >= 15 is 0 Å². The molecule has 0 fully saturated rings. The van der Waals surface area contributed by atoms with Crippen molar-refractivity contribution in [2.24, 2.45) is 0 Å². The van der Waals surface area contributed by atoms with Gasteiger partial charge in [-0.05, 0) is 12.6 Å². The molecule has 0 saturated heterocycles. The molecular formula is C13H15N3O4. The van der Waals surface area contributed by atoms with Crippen LogP contribution in [-0.4, -0.2) is 23.6 Å². The summed E-state index contributed by atoms with van der Waals surface area (Å²) in [6.45, 7) is 3.44. The summed E-state index contributed by atoms with van der Waals surface area (Å²) in [4.78, 5) is 14.6. The molecule has 0 bridgehead atoms. The van der Waals surface area contributed by atoms with Crippen molar-refractivity contribution in [2.75, 3.05) is 13.7 Å². The second kappa shape index (κ2) is 6.16. The van der Waals surface area contributed by atoms with Crippen LogP contribution in [0.2, 0.25) is 0 Å². The van der Waals surface area contributed by atoms with Crippen molar-refractivity contribution >= 4 is 5.69 Å². The largest absolute Gasteiger partial charge is 0.496 e. The Bertz CT molecular complexity index is 609. The van der Waals surface area contributed by atoms with Crippen molar-refractivity contribution < 1.29 is 14.1 Å². The van der Waals surface area contributed by atoms with Gasteiger partial charge in [-0.25, -0.2) is 4.98 Å². The van der Waals surface area contributed by atoms with Crippen molar-refractivity contribution in [3.05, 3.63) is 40.3 Å². The number of nitrogens with zero attached hydrogens (tertiary/aromatic N) is 2. The van der Waals surface area contributed by atoms with Crippen LogP contribution in [0, 0.1) is 10.1 Å². The quantitative estimate of drug-likeness (QED) is 0.644. The highest BCUT2D eigenvalue weighted by atomic mass is 16.6. The highest BCUT2D eigenvalue weighted by Gasteiger charge is 2.16. The predicted octanol–water partition coefficient (Wildman–Crippen LogP) is 2.37. The van der Waals surface area contributed by atoms with Crippen molar-refractivity contribution in [2.45, 2.75) is 13.5 Å². The number of rotatable bonds is 6. The Balaban J connectivity index is 2.32. The van der Waals surface area contributed by atoms with E-state index in [1.54, 1.807) is 12.3 Å². The smallest absolute Gasteiger partial charge is 0.273 e. The summed E-state index contributed by atoms with van der Waals surface area (Å²) >= 11 is 0. The van der Waals surface area contributed by atoms with Crippen LogP contribution >= 0.6 is 0 Å². The Morgan fingerprint density at radius 1 is 1.50 bits per heavy atom. The molecule has 1 heterocycles. The number of benzene rings is 1. The molecule has 1 N–H and O–H groups in total. The summed E-state index contributed by atoms with van der Waals surface area (Å²) in [5.41, 5.74) is 1.31. The Labute approximate surface area is 115 Å². The first-order chi connectivity index (χ1) is 9.65. The van der Waals surface area contributed by atoms with Gasteiger partial charge in [0.2, 0.25) is 5.89 Å². The first-order valence-electron chi connectivity index (χ1n) is 6.13. The van der Waals surface area contributed by atoms with E-state index in [9.17, 15) is 10.1 Å². The van der Waals surface area contributed by atoms with Gasteiger partial charge in [-0.1, -0.05) is 6.92 Å². The van der Waals surface area contributed by atoms with Gasteiger partial charge in [0.15, 0.2) is 0 Å². The second-order valence-corrected chi connectivity index (χ2v) is 4.07. The zero-order chi connectivity index (χ0) is 14.5. The van der Waals surface area contributed by atoms with E-state index in [2.05, 4.69) is 10.3 Å². The van der Waals surface area contributed by atoms with E-state index < -0.39 is 4.92 Å². The number of nitrogens with one attached hydrogen (secondary N) is 1. The minimum atomic E-state index is -0.474. The maximum Gasteiger partial charge on any atom is 0.273 e. The lowest BCUT2D eigenvalue weighted by Crippen LogP contribution is -2.11. The Morgan fingerprint density at radius 3 is 2.95 bits per heavy atom. The summed E-state index contributed by atoms with van der Waals surface area (Å²) < 4.78 is 10.6. The molecule has 2 rings (SSSR count). The van der Waals surface area contributed by atoms with Gasteiger partial charge in [-0.15, -0.1) is 0 Å². The number of nitro benzene ring substituents is 1. The molecule has 0 saturated carbocycles. The molecule has 2 aromatic rings. The average molecular weight is 277 g/mol. The average Bonchev–Trinajstić information content (AvgIpc) is 2.92. The molecular weight excluding hydrogens is 262 g/mol. The van der Waals surface area contributed by atoms with Crippen LogP contribution in [0.4, 0.5) is 5.69 Å². The van der Waals surface area contributed by atoms with Crippen LogP contribution in [0.3, 0.4) is 0 Å². The van der Waals surface area contributed by atoms with Gasteiger partial charge in [0.05, 0.1) is 29.4 Å². The minimum Gasteiger partial charge on any atom is -0.496 e. The first kappa shape index (κ1) is 14.0. The van der Waals surface area contributed by atoms with Crippen LogP contribution < -0.4 is 10.1 Å². The highest BCUT2D eigenvalue weighted by Crippen LogP contribution is 2.32. The van der Waals surface area contributed by atoms with E-state index in [0.29, 0.717) is 23.7 Å². The van der Waals surface area contributed by atoms with Gasteiger partial charge < -0.3 is 14.5 Å². The maximum absolute atomic E-state index is 10.7. The molecule has 0 atom stereocenters. The number of hydrogen-bond acceptors (Lipinski definition) is 6. The normalized spacial score (nSPS) is 10.5.